The molecule has 110 valence electrons. The average Bonchev–Trinajstić information content (AvgIpc) is 2.44. The number of likely N-dealkylation sites (N-methyl/N-ethyl adjacent to an activating group) is 1. The Kier molecular flexibility index (Phi) is 5.38. The number of rotatable bonds is 4. The number of carbonyl (C=O) groups excluding carboxylic acids is 1. The van der Waals surface area contributed by atoms with Crippen LogP contribution in [-0.2, 0) is 11.2 Å². The molecule has 0 spiro atoms. The summed E-state index contributed by atoms with van der Waals surface area (Å²) in [6.07, 6.45) is 3.18. The molecular weight excluding hydrogens is 279 g/mol. The van der Waals surface area contributed by atoms with Crippen molar-refractivity contribution in [2.24, 2.45) is 0 Å². The summed E-state index contributed by atoms with van der Waals surface area (Å²) in [6.45, 7) is 1.52. The van der Waals surface area contributed by atoms with Gasteiger partial charge in [-0.2, -0.15) is 0 Å². The first kappa shape index (κ1) is 15.3. The van der Waals surface area contributed by atoms with E-state index in [2.05, 4.69) is 5.32 Å². The second kappa shape index (κ2) is 7.04. The Hall–Kier alpha value is -1.13. The summed E-state index contributed by atoms with van der Waals surface area (Å²) in [5, 5.41) is 3.43. The van der Waals surface area contributed by atoms with Crippen LogP contribution in [-0.4, -0.2) is 37.0 Å². The Bertz CT molecular complexity index is 459. The maximum Gasteiger partial charge on any atom is 0.227 e. The van der Waals surface area contributed by atoms with E-state index in [1.807, 2.05) is 11.9 Å². The Morgan fingerprint density at radius 1 is 1.50 bits per heavy atom. The predicted molar refractivity (Wildman–Crippen MR) is 78.4 cm³/mol. The van der Waals surface area contributed by atoms with Crippen LogP contribution in [0, 0.1) is 5.82 Å². The molecule has 0 radical (unpaired) electrons. The highest BCUT2D eigenvalue weighted by atomic mass is 35.5. The lowest BCUT2D eigenvalue weighted by atomic mass is 10.0. The number of nitrogens with one attached hydrogen (secondary N) is 1. The number of likely N-dealkylation sites (tertiary alicyclic amines) is 1. The molecule has 0 saturated carbocycles. The van der Waals surface area contributed by atoms with Gasteiger partial charge in [-0.3, -0.25) is 4.79 Å². The van der Waals surface area contributed by atoms with E-state index in [9.17, 15) is 9.18 Å². The van der Waals surface area contributed by atoms with Gasteiger partial charge in [0.25, 0.3) is 0 Å². The maximum atomic E-state index is 13.8. The van der Waals surface area contributed by atoms with Gasteiger partial charge in [0.1, 0.15) is 5.82 Å². The zero-order chi connectivity index (χ0) is 14.5. The van der Waals surface area contributed by atoms with E-state index >= 15 is 0 Å². The van der Waals surface area contributed by atoms with Crippen molar-refractivity contribution < 1.29 is 9.18 Å². The Morgan fingerprint density at radius 3 is 3.00 bits per heavy atom. The topological polar surface area (TPSA) is 32.3 Å². The van der Waals surface area contributed by atoms with Crippen LogP contribution >= 0.6 is 11.6 Å². The van der Waals surface area contributed by atoms with Crippen LogP contribution in [0.3, 0.4) is 0 Å². The highest BCUT2D eigenvalue weighted by Gasteiger charge is 2.27. The molecule has 2 rings (SSSR count). The van der Waals surface area contributed by atoms with Crippen molar-refractivity contribution in [3.63, 3.8) is 0 Å². The lowest BCUT2D eigenvalue weighted by molar-refractivity contribution is -0.134. The number of halogens is 2. The fraction of sp³-hybridized carbons (Fsp3) is 0.533. The number of hydrogen-bond donors (Lipinski definition) is 1. The van der Waals surface area contributed by atoms with Crippen LogP contribution in [0.2, 0.25) is 5.02 Å². The molecule has 1 N–H and O–H groups in total. The fourth-order valence-electron chi connectivity index (χ4n) is 2.73. The first-order valence-corrected chi connectivity index (χ1v) is 7.38. The zero-order valence-electron chi connectivity index (χ0n) is 11.7. The van der Waals surface area contributed by atoms with E-state index in [0.717, 1.165) is 32.4 Å². The molecule has 0 aliphatic carbocycles. The molecule has 1 amide bonds. The largest absolute Gasteiger partial charge is 0.338 e. The van der Waals surface area contributed by atoms with Gasteiger partial charge in [-0.15, -0.1) is 0 Å². The van der Waals surface area contributed by atoms with E-state index in [1.54, 1.807) is 12.1 Å². The minimum atomic E-state index is -0.409. The summed E-state index contributed by atoms with van der Waals surface area (Å²) in [5.74, 6) is -0.454. The molecule has 1 saturated heterocycles. The number of carbonyl (C=O) groups is 1. The van der Waals surface area contributed by atoms with Gasteiger partial charge in [0.15, 0.2) is 0 Å². The highest BCUT2D eigenvalue weighted by Crippen LogP contribution is 2.22. The molecule has 1 aromatic carbocycles. The van der Waals surface area contributed by atoms with Crippen LogP contribution < -0.4 is 5.32 Å². The molecule has 1 heterocycles. The van der Waals surface area contributed by atoms with Crippen molar-refractivity contribution in [2.75, 3.05) is 20.1 Å². The maximum absolute atomic E-state index is 13.8. The van der Waals surface area contributed by atoms with Gasteiger partial charge in [-0.25, -0.2) is 4.39 Å². The smallest absolute Gasteiger partial charge is 0.227 e. The summed E-state index contributed by atoms with van der Waals surface area (Å²) in [7, 11) is 1.88. The summed E-state index contributed by atoms with van der Waals surface area (Å²) >= 11 is 5.99. The first-order valence-electron chi connectivity index (χ1n) is 7.00. The van der Waals surface area contributed by atoms with Crippen molar-refractivity contribution in [3.05, 3.63) is 34.6 Å². The van der Waals surface area contributed by atoms with Crippen molar-refractivity contribution in [1.82, 2.24) is 10.2 Å². The third-order valence-electron chi connectivity index (χ3n) is 3.78. The molecule has 1 atom stereocenters. The minimum absolute atomic E-state index is 0.0335. The molecule has 3 nitrogen and oxygen atoms in total. The molecule has 0 aromatic heterocycles. The molecule has 1 aliphatic heterocycles. The number of nitrogens with zero attached hydrogens (tertiary/aromatic N) is 1. The molecule has 1 aromatic rings. The number of hydrogen-bond acceptors (Lipinski definition) is 2. The number of piperidine rings is 1. The molecule has 0 bridgehead atoms. The van der Waals surface area contributed by atoms with Crippen molar-refractivity contribution in [1.29, 1.82) is 0 Å². The Labute approximate surface area is 124 Å². The van der Waals surface area contributed by atoms with Gasteiger partial charge in [-0.05, 0) is 38.4 Å². The summed E-state index contributed by atoms with van der Waals surface area (Å²) in [6, 6.07) is 4.72. The van der Waals surface area contributed by atoms with Crippen molar-refractivity contribution in [2.45, 2.75) is 31.7 Å². The van der Waals surface area contributed by atoms with Gasteiger partial charge in [0.2, 0.25) is 5.91 Å². The number of benzene rings is 1. The van der Waals surface area contributed by atoms with Crippen LogP contribution in [0.4, 0.5) is 4.39 Å². The van der Waals surface area contributed by atoms with E-state index < -0.39 is 5.82 Å². The van der Waals surface area contributed by atoms with E-state index in [0.29, 0.717) is 10.6 Å². The lowest BCUT2D eigenvalue weighted by Crippen LogP contribution is -2.48. The first-order chi connectivity index (χ1) is 9.63. The highest BCUT2D eigenvalue weighted by molar-refractivity contribution is 6.31. The average molecular weight is 299 g/mol. The quantitative estimate of drug-likeness (QED) is 0.927. The molecule has 20 heavy (non-hydrogen) atoms. The summed E-state index contributed by atoms with van der Waals surface area (Å²) < 4.78 is 13.8. The minimum Gasteiger partial charge on any atom is -0.338 e. The molecule has 1 unspecified atom stereocenters. The predicted octanol–water partition coefficient (Wildman–Crippen LogP) is 2.62. The SMILES string of the molecule is CNCC1CCCCN1C(=O)Cc1c(F)cccc1Cl. The lowest BCUT2D eigenvalue weighted by Gasteiger charge is -2.36. The van der Waals surface area contributed by atoms with Crippen LogP contribution in [0.15, 0.2) is 18.2 Å². The normalized spacial score (nSPS) is 19.1. The third kappa shape index (κ3) is 3.49. The van der Waals surface area contributed by atoms with Crippen molar-refractivity contribution >= 4 is 17.5 Å². The summed E-state index contributed by atoms with van der Waals surface area (Å²) in [4.78, 5) is 14.3. The van der Waals surface area contributed by atoms with Gasteiger partial charge >= 0.3 is 0 Å². The summed E-state index contributed by atoms with van der Waals surface area (Å²) in [5.41, 5.74) is 0.299. The standard InChI is InChI=1S/C15H20ClFN2O/c1-18-10-11-5-2-3-8-19(11)15(20)9-12-13(16)6-4-7-14(12)17/h4,6-7,11,18H,2-3,5,8-10H2,1H3. The fourth-order valence-corrected chi connectivity index (χ4v) is 2.96. The van der Waals surface area contributed by atoms with Gasteiger partial charge in [0, 0.05) is 29.7 Å². The third-order valence-corrected chi connectivity index (χ3v) is 4.13. The van der Waals surface area contributed by atoms with E-state index in [4.69, 9.17) is 11.6 Å². The van der Waals surface area contributed by atoms with E-state index in [1.165, 1.54) is 6.07 Å². The van der Waals surface area contributed by atoms with Gasteiger partial charge < -0.3 is 10.2 Å². The van der Waals surface area contributed by atoms with Crippen LogP contribution in [0.5, 0.6) is 0 Å². The number of amides is 1. The molecule has 1 fully saturated rings. The van der Waals surface area contributed by atoms with Gasteiger partial charge in [-0.1, -0.05) is 17.7 Å². The molecule has 5 heteroatoms. The Balaban J connectivity index is 2.10. The van der Waals surface area contributed by atoms with E-state index in [-0.39, 0.29) is 18.4 Å². The van der Waals surface area contributed by atoms with Crippen molar-refractivity contribution in [3.8, 4) is 0 Å². The zero-order valence-corrected chi connectivity index (χ0v) is 12.4. The monoisotopic (exact) mass is 298 g/mol. The molecule has 1 aliphatic rings. The van der Waals surface area contributed by atoms with Gasteiger partial charge in [0.05, 0.1) is 6.42 Å². The van der Waals surface area contributed by atoms with Crippen LogP contribution in [0.1, 0.15) is 24.8 Å². The molecular formula is C15H20ClFN2O. The second-order valence-electron chi connectivity index (χ2n) is 5.17. The van der Waals surface area contributed by atoms with Crippen LogP contribution in [0.25, 0.3) is 0 Å². The Morgan fingerprint density at radius 2 is 2.30 bits per heavy atom. The second-order valence-corrected chi connectivity index (χ2v) is 5.58.